The van der Waals surface area contributed by atoms with Gasteiger partial charge in [0, 0.05) is 31.0 Å². The van der Waals surface area contributed by atoms with Gasteiger partial charge in [-0.05, 0) is 24.5 Å². The molecule has 2 heterocycles. The lowest BCUT2D eigenvalue weighted by molar-refractivity contribution is -0.118. The van der Waals surface area contributed by atoms with E-state index in [4.69, 9.17) is 0 Å². The fourth-order valence-corrected chi connectivity index (χ4v) is 2.83. The van der Waals surface area contributed by atoms with Crippen LogP contribution in [0.5, 0.6) is 0 Å². The molecule has 0 atom stereocenters. The fourth-order valence-electron chi connectivity index (χ4n) is 2.03. The molecule has 0 radical (unpaired) electrons. The van der Waals surface area contributed by atoms with Crippen LogP contribution < -0.4 is 5.32 Å². The van der Waals surface area contributed by atoms with E-state index < -0.39 is 0 Å². The molecule has 1 amide bonds. The number of carbonyl (C=O) groups is 1. The molecule has 6 nitrogen and oxygen atoms in total. The molecule has 0 aliphatic carbocycles. The molecule has 2 rings (SSSR count). The SMILES string of the molecule is CCCn1c(SCC(=O)NCC(C)C)nnc1-c1ccncc1. The molecule has 124 valence electrons. The van der Waals surface area contributed by atoms with Crippen molar-refractivity contribution in [2.75, 3.05) is 12.3 Å². The van der Waals surface area contributed by atoms with Crippen LogP contribution in [0.2, 0.25) is 0 Å². The zero-order valence-electron chi connectivity index (χ0n) is 13.8. The highest BCUT2D eigenvalue weighted by Gasteiger charge is 2.15. The minimum Gasteiger partial charge on any atom is -0.355 e. The quantitative estimate of drug-likeness (QED) is 0.752. The second-order valence-electron chi connectivity index (χ2n) is 5.68. The molecule has 7 heteroatoms. The average Bonchev–Trinajstić information content (AvgIpc) is 2.95. The van der Waals surface area contributed by atoms with Gasteiger partial charge in [0.05, 0.1) is 5.75 Å². The van der Waals surface area contributed by atoms with Crippen molar-refractivity contribution < 1.29 is 4.79 Å². The molecule has 0 saturated heterocycles. The third-order valence-corrected chi connectivity index (χ3v) is 4.11. The van der Waals surface area contributed by atoms with Crippen molar-refractivity contribution >= 4 is 17.7 Å². The van der Waals surface area contributed by atoms with Gasteiger partial charge in [-0.15, -0.1) is 10.2 Å². The number of hydrogen-bond acceptors (Lipinski definition) is 5. The minimum atomic E-state index is 0.0280. The van der Waals surface area contributed by atoms with Crippen LogP contribution in [0.3, 0.4) is 0 Å². The lowest BCUT2D eigenvalue weighted by Gasteiger charge is -2.09. The molecule has 0 unspecified atom stereocenters. The van der Waals surface area contributed by atoms with Crippen molar-refractivity contribution in [3.05, 3.63) is 24.5 Å². The first kappa shape index (κ1) is 17.5. The summed E-state index contributed by atoms with van der Waals surface area (Å²) in [6.45, 7) is 7.78. The minimum absolute atomic E-state index is 0.0280. The summed E-state index contributed by atoms with van der Waals surface area (Å²) in [5.74, 6) is 1.65. The molecule has 0 fully saturated rings. The third-order valence-electron chi connectivity index (χ3n) is 3.14. The maximum atomic E-state index is 11.9. The second-order valence-corrected chi connectivity index (χ2v) is 6.62. The Labute approximate surface area is 141 Å². The Morgan fingerprint density at radius 3 is 2.70 bits per heavy atom. The third kappa shape index (κ3) is 5.06. The van der Waals surface area contributed by atoms with Crippen LogP contribution in [0, 0.1) is 5.92 Å². The van der Waals surface area contributed by atoms with Gasteiger partial charge in [0.25, 0.3) is 0 Å². The molecule has 0 saturated carbocycles. The number of aromatic nitrogens is 4. The molecule has 0 bridgehead atoms. The van der Waals surface area contributed by atoms with Crippen molar-refractivity contribution in [1.82, 2.24) is 25.1 Å². The highest BCUT2D eigenvalue weighted by atomic mass is 32.2. The van der Waals surface area contributed by atoms with Crippen LogP contribution in [0.15, 0.2) is 29.7 Å². The molecular formula is C16H23N5OS. The molecule has 0 aliphatic heterocycles. The first-order chi connectivity index (χ1) is 11.1. The second kappa shape index (κ2) is 8.67. The number of thioether (sulfide) groups is 1. The van der Waals surface area contributed by atoms with Crippen LogP contribution in [0.4, 0.5) is 0 Å². The van der Waals surface area contributed by atoms with Crippen molar-refractivity contribution in [1.29, 1.82) is 0 Å². The predicted molar refractivity (Wildman–Crippen MR) is 92.1 cm³/mol. The van der Waals surface area contributed by atoms with Gasteiger partial charge in [-0.2, -0.15) is 0 Å². The topological polar surface area (TPSA) is 72.7 Å². The summed E-state index contributed by atoms with van der Waals surface area (Å²) < 4.78 is 2.07. The van der Waals surface area contributed by atoms with E-state index >= 15 is 0 Å². The summed E-state index contributed by atoms with van der Waals surface area (Å²) in [4.78, 5) is 15.9. The van der Waals surface area contributed by atoms with Crippen molar-refractivity contribution in [2.24, 2.45) is 5.92 Å². The molecule has 0 aromatic carbocycles. The molecule has 0 aliphatic rings. The largest absolute Gasteiger partial charge is 0.355 e. The molecule has 2 aromatic rings. The van der Waals surface area contributed by atoms with Gasteiger partial charge in [0.1, 0.15) is 0 Å². The van der Waals surface area contributed by atoms with Crippen LogP contribution in [0.25, 0.3) is 11.4 Å². The molecular weight excluding hydrogens is 310 g/mol. The van der Waals surface area contributed by atoms with Gasteiger partial charge in [0.15, 0.2) is 11.0 Å². The number of rotatable bonds is 8. The van der Waals surface area contributed by atoms with Gasteiger partial charge in [-0.25, -0.2) is 0 Å². The zero-order valence-corrected chi connectivity index (χ0v) is 14.6. The summed E-state index contributed by atoms with van der Waals surface area (Å²) in [5, 5.41) is 12.2. The van der Waals surface area contributed by atoms with E-state index in [1.54, 1.807) is 12.4 Å². The van der Waals surface area contributed by atoms with Crippen LogP contribution in [-0.2, 0) is 11.3 Å². The average molecular weight is 333 g/mol. The van der Waals surface area contributed by atoms with E-state index in [-0.39, 0.29) is 5.91 Å². The first-order valence-electron chi connectivity index (χ1n) is 7.85. The van der Waals surface area contributed by atoms with Gasteiger partial charge in [-0.3, -0.25) is 9.78 Å². The molecule has 23 heavy (non-hydrogen) atoms. The Bertz CT molecular complexity index is 627. The zero-order chi connectivity index (χ0) is 16.7. The maximum absolute atomic E-state index is 11.9. The summed E-state index contributed by atoms with van der Waals surface area (Å²) in [7, 11) is 0. The normalized spacial score (nSPS) is 11.0. The van der Waals surface area contributed by atoms with E-state index in [1.165, 1.54) is 11.8 Å². The summed E-state index contributed by atoms with van der Waals surface area (Å²) >= 11 is 1.42. The number of nitrogens with zero attached hydrogens (tertiary/aromatic N) is 4. The number of carbonyl (C=O) groups excluding carboxylic acids is 1. The Morgan fingerprint density at radius 1 is 1.30 bits per heavy atom. The van der Waals surface area contributed by atoms with Crippen LogP contribution >= 0.6 is 11.8 Å². The highest BCUT2D eigenvalue weighted by Crippen LogP contribution is 2.23. The van der Waals surface area contributed by atoms with E-state index in [1.807, 2.05) is 12.1 Å². The van der Waals surface area contributed by atoms with Gasteiger partial charge in [0.2, 0.25) is 5.91 Å². The fraction of sp³-hybridized carbons (Fsp3) is 0.500. The van der Waals surface area contributed by atoms with Crippen molar-refractivity contribution in [3.63, 3.8) is 0 Å². The van der Waals surface area contributed by atoms with Gasteiger partial charge >= 0.3 is 0 Å². The van der Waals surface area contributed by atoms with E-state index in [0.29, 0.717) is 18.2 Å². The Balaban J connectivity index is 2.07. The van der Waals surface area contributed by atoms with Gasteiger partial charge in [-0.1, -0.05) is 32.5 Å². The number of amides is 1. The lowest BCUT2D eigenvalue weighted by Crippen LogP contribution is -2.28. The molecule has 0 spiro atoms. The highest BCUT2D eigenvalue weighted by molar-refractivity contribution is 7.99. The number of pyridine rings is 1. The maximum Gasteiger partial charge on any atom is 0.230 e. The Kier molecular flexibility index (Phi) is 6.58. The predicted octanol–water partition coefficient (Wildman–Crippen LogP) is 2.61. The molecule has 2 aromatic heterocycles. The van der Waals surface area contributed by atoms with Crippen LogP contribution in [0.1, 0.15) is 27.2 Å². The monoisotopic (exact) mass is 333 g/mol. The van der Waals surface area contributed by atoms with Gasteiger partial charge < -0.3 is 9.88 Å². The van der Waals surface area contributed by atoms with Crippen molar-refractivity contribution in [3.8, 4) is 11.4 Å². The Morgan fingerprint density at radius 2 is 2.04 bits per heavy atom. The summed E-state index contributed by atoms with van der Waals surface area (Å²) in [5.41, 5.74) is 0.983. The molecule has 1 N–H and O–H groups in total. The first-order valence-corrected chi connectivity index (χ1v) is 8.83. The number of hydrogen-bond donors (Lipinski definition) is 1. The van der Waals surface area contributed by atoms with Crippen molar-refractivity contribution in [2.45, 2.75) is 38.9 Å². The van der Waals surface area contributed by atoms with E-state index in [0.717, 1.165) is 29.5 Å². The summed E-state index contributed by atoms with van der Waals surface area (Å²) in [6.07, 6.45) is 4.46. The van der Waals surface area contributed by atoms with E-state index in [9.17, 15) is 4.79 Å². The Hall–Kier alpha value is -1.89. The van der Waals surface area contributed by atoms with E-state index in [2.05, 4.69) is 45.8 Å². The smallest absolute Gasteiger partial charge is 0.230 e. The summed E-state index contributed by atoms with van der Waals surface area (Å²) in [6, 6.07) is 3.83. The lowest BCUT2D eigenvalue weighted by atomic mass is 10.2. The standard InChI is InChI=1S/C16H23N5OS/c1-4-9-21-15(13-5-7-17-8-6-13)19-20-16(21)23-11-14(22)18-10-12(2)3/h5-8,12H,4,9-11H2,1-3H3,(H,18,22). The van der Waals surface area contributed by atoms with Crippen LogP contribution in [-0.4, -0.2) is 38.0 Å². The number of nitrogens with one attached hydrogen (secondary N) is 1.